The van der Waals surface area contributed by atoms with E-state index in [1.54, 1.807) is 18.9 Å². The summed E-state index contributed by atoms with van der Waals surface area (Å²) in [6, 6.07) is 26.0. The van der Waals surface area contributed by atoms with Crippen molar-refractivity contribution in [1.82, 2.24) is 15.2 Å². The number of fused-ring (bicyclic) bond motifs is 1. The molecule has 3 aromatic carbocycles. The number of ether oxygens (including phenoxy) is 1. The fraction of sp³-hybridized carbons (Fsp3) is 0.410. The molecule has 1 fully saturated rings. The Balaban J connectivity index is 1.38. The van der Waals surface area contributed by atoms with E-state index in [4.69, 9.17) is 9.72 Å². The molecule has 7 heteroatoms. The first-order valence-corrected chi connectivity index (χ1v) is 17.8. The van der Waals surface area contributed by atoms with Crippen molar-refractivity contribution in [2.45, 2.75) is 76.1 Å². The number of carbonyl (C=O) groups is 2. The van der Waals surface area contributed by atoms with Crippen LogP contribution in [0.4, 0.5) is 0 Å². The minimum absolute atomic E-state index is 0.0986. The molecule has 1 aliphatic rings. The average molecular weight is 638 g/mol. The fourth-order valence-corrected chi connectivity index (χ4v) is 7.30. The average Bonchev–Trinajstić information content (AvgIpc) is 3.50. The molecule has 0 spiro atoms. The van der Waals surface area contributed by atoms with Gasteiger partial charge in [-0.05, 0) is 93.6 Å². The monoisotopic (exact) mass is 637 g/mol. The van der Waals surface area contributed by atoms with Gasteiger partial charge >= 0.3 is 0 Å². The van der Waals surface area contributed by atoms with Crippen LogP contribution in [0.3, 0.4) is 0 Å². The Kier molecular flexibility index (Phi) is 12.3. The Hall–Kier alpha value is -3.68. The van der Waals surface area contributed by atoms with Crippen molar-refractivity contribution in [2.24, 2.45) is 0 Å². The number of nitrogens with zero attached hydrogens (tertiary/aromatic N) is 2. The van der Waals surface area contributed by atoms with Crippen LogP contribution in [0.5, 0.6) is 5.75 Å². The summed E-state index contributed by atoms with van der Waals surface area (Å²) in [5.74, 6) is 1.95. The number of hydrogen-bond donors (Lipinski definition) is 1. The van der Waals surface area contributed by atoms with Gasteiger partial charge in [-0.2, -0.15) is 11.8 Å². The van der Waals surface area contributed by atoms with E-state index in [1.807, 2.05) is 66.7 Å². The molecule has 5 rings (SSSR count). The van der Waals surface area contributed by atoms with E-state index < -0.39 is 6.04 Å². The predicted octanol–water partition coefficient (Wildman–Crippen LogP) is 8.12. The quantitative estimate of drug-likeness (QED) is 0.134. The van der Waals surface area contributed by atoms with Gasteiger partial charge in [-0.3, -0.25) is 9.59 Å². The van der Waals surface area contributed by atoms with E-state index in [0.717, 1.165) is 77.9 Å². The number of pyridine rings is 1. The number of Topliss-reactive ketones (excluding diaryl/α,β-unsaturated/α-hetero) is 1. The van der Waals surface area contributed by atoms with Crippen LogP contribution in [0.25, 0.3) is 22.2 Å². The van der Waals surface area contributed by atoms with E-state index >= 15 is 0 Å². The number of carbonyl (C=O) groups excluding carboxylic acids is 2. The molecule has 46 heavy (non-hydrogen) atoms. The maximum absolute atomic E-state index is 14.2. The zero-order valence-corrected chi connectivity index (χ0v) is 28.3. The second-order valence-corrected chi connectivity index (χ2v) is 13.4. The molecular formula is C39H47N3O3S. The minimum atomic E-state index is -0.580. The van der Waals surface area contributed by atoms with Gasteiger partial charge in [0, 0.05) is 34.9 Å². The largest absolute Gasteiger partial charge is 0.497 e. The van der Waals surface area contributed by atoms with Gasteiger partial charge in [0.1, 0.15) is 5.75 Å². The Labute approximate surface area is 278 Å². The van der Waals surface area contributed by atoms with Gasteiger partial charge < -0.3 is 15.0 Å². The standard InChI is InChI=1S/C39H47N3O3S/c1-4-5-11-28-19-22-35-33(24-28)34(25-36(40-35)30-12-7-6-8-13-30)39(44)41-37(27-46-26-29-17-20-32(45-3)21-18-29)38(43)16-9-14-31-15-10-23-42(31)2/h6-8,12-13,17-22,24-25,31,37H,4-5,9-11,14-16,23,26-27H2,1-3H3,(H,41,44). The van der Waals surface area contributed by atoms with Crippen molar-refractivity contribution in [3.63, 3.8) is 0 Å². The van der Waals surface area contributed by atoms with Crippen molar-refractivity contribution in [2.75, 3.05) is 26.5 Å². The number of benzene rings is 3. The normalized spacial score (nSPS) is 15.6. The molecule has 2 heterocycles. The van der Waals surface area contributed by atoms with Gasteiger partial charge in [0.25, 0.3) is 5.91 Å². The van der Waals surface area contributed by atoms with Gasteiger partial charge in [-0.25, -0.2) is 4.98 Å². The Morgan fingerprint density at radius 2 is 1.80 bits per heavy atom. The number of amides is 1. The van der Waals surface area contributed by atoms with Crippen LogP contribution in [0, 0.1) is 0 Å². The number of aryl methyl sites for hydroxylation is 1. The molecule has 1 saturated heterocycles. The molecule has 1 aromatic heterocycles. The maximum atomic E-state index is 14.2. The lowest BCUT2D eigenvalue weighted by Crippen LogP contribution is -2.43. The molecule has 1 amide bonds. The maximum Gasteiger partial charge on any atom is 0.252 e. The number of methoxy groups -OCH3 is 1. The number of rotatable bonds is 16. The molecule has 242 valence electrons. The predicted molar refractivity (Wildman–Crippen MR) is 191 cm³/mol. The third kappa shape index (κ3) is 8.98. The van der Waals surface area contributed by atoms with Gasteiger partial charge in [0.05, 0.1) is 29.9 Å². The van der Waals surface area contributed by atoms with Gasteiger partial charge in [0.15, 0.2) is 5.78 Å². The van der Waals surface area contributed by atoms with Crippen LogP contribution in [-0.2, 0) is 17.0 Å². The highest BCUT2D eigenvalue weighted by atomic mass is 32.2. The first kappa shape index (κ1) is 33.7. The zero-order chi connectivity index (χ0) is 32.3. The molecule has 2 unspecified atom stereocenters. The topological polar surface area (TPSA) is 71.5 Å². The molecule has 0 radical (unpaired) electrons. The van der Waals surface area contributed by atoms with Crippen LogP contribution in [-0.4, -0.2) is 60.1 Å². The third-order valence-corrected chi connectivity index (χ3v) is 10.2. The number of hydrogen-bond acceptors (Lipinski definition) is 6. The highest BCUT2D eigenvalue weighted by molar-refractivity contribution is 7.98. The van der Waals surface area contributed by atoms with E-state index in [1.165, 1.54) is 18.4 Å². The van der Waals surface area contributed by atoms with E-state index in [-0.39, 0.29) is 11.7 Å². The first-order valence-electron chi connectivity index (χ1n) is 16.7. The molecule has 0 aliphatic carbocycles. The number of likely N-dealkylation sites (tertiary alicyclic amines) is 1. The summed E-state index contributed by atoms with van der Waals surface area (Å²) in [6.07, 6.45) is 7.87. The highest BCUT2D eigenvalue weighted by Crippen LogP contribution is 2.27. The third-order valence-electron chi connectivity index (χ3n) is 9.04. The highest BCUT2D eigenvalue weighted by Gasteiger charge is 2.25. The first-order chi connectivity index (χ1) is 22.4. The van der Waals surface area contributed by atoms with Crippen LogP contribution < -0.4 is 10.1 Å². The molecule has 1 aliphatic heterocycles. The van der Waals surface area contributed by atoms with E-state index in [2.05, 4.69) is 36.3 Å². The van der Waals surface area contributed by atoms with Crippen molar-refractivity contribution in [3.05, 3.63) is 95.6 Å². The number of ketones is 1. The summed E-state index contributed by atoms with van der Waals surface area (Å²) in [5.41, 5.74) is 5.39. The molecule has 6 nitrogen and oxygen atoms in total. The van der Waals surface area contributed by atoms with Gasteiger partial charge in [0.2, 0.25) is 0 Å². The second-order valence-electron chi connectivity index (χ2n) is 12.4. The SMILES string of the molecule is CCCCc1ccc2nc(-c3ccccc3)cc(C(=O)NC(CSCc3ccc(OC)cc3)C(=O)CCCC3CCCN3C)c2c1. The van der Waals surface area contributed by atoms with Crippen molar-refractivity contribution < 1.29 is 14.3 Å². The van der Waals surface area contributed by atoms with Gasteiger partial charge in [-0.1, -0.05) is 61.9 Å². The number of aromatic nitrogens is 1. The minimum Gasteiger partial charge on any atom is -0.497 e. The molecule has 4 aromatic rings. The van der Waals surface area contributed by atoms with E-state index in [0.29, 0.717) is 23.8 Å². The number of thioether (sulfide) groups is 1. The molecule has 0 saturated carbocycles. The van der Waals surface area contributed by atoms with Gasteiger partial charge in [-0.15, -0.1) is 0 Å². The Bertz CT molecular complexity index is 1590. The smallest absolute Gasteiger partial charge is 0.252 e. The lowest BCUT2D eigenvalue weighted by molar-refractivity contribution is -0.120. The van der Waals surface area contributed by atoms with Crippen molar-refractivity contribution in [1.29, 1.82) is 0 Å². The number of nitrogens with one attached hydrogen (secondary N) is 1. The van der Waals surface area contributed by atoms with Crippen molar-refractivity contribution >= 4 is 34.4 Å². The van der Waals surface area contributed by atoms with Crippen LogP contribution in [0.15, 0.2) is 78.9 Å². The summed E-state index contributed by atoms with van der Waals surface area (Å²) in [5, 5.41) is 4.02. The lowest BCUT2D eigenvalue weighted by Gasteiger charge is -2.21. The molecule has 2 atom stereocenters. The lowest BCUT2D eigenvalue weighted by atomic mass is 9.99. The summed E-state index contributed by atoms with van der Waals surface area (Å²) in [6.45, 7) is 3.31. The summed E-state index contributed by atoms with van der Waals surface area (Å²) >= 11 is 1.67. The van der Waals surface area contributed by atoms with Crippen LogP contribution in [0.1, 0.15) is 73.4 Å². The van der Waals surface area contributed by atoms with E-state index in [9.17, 15) is 9.59 Å². The number of unbranched alkanes of at least 4 members (excludes halogenated alkanes) is 1. The van der Waals surface area contributed by atoms with Crippen LogP contribution in [0.2, 0.25) is 0 Å². The Morgan fingerprint density at radius 1 is 1.02 bits per heavy atom. The zero-order valence-electron chi connectivity index (χ0n) is 27.5. The summed E-state index contributed by atoms with van der Waals surface area (Å²) in [4.78, 5) is 35.3. The second kappa shape index (κ2) is 16.8. The molecular weight excluding hydrogens is 591 g/mol. The van der Waals surface area contributed by atoms with Crippen LogP contribution >= 0.6 is 11.8 Å². The fourth-order valence-electron chi connectivity index (χ4n) is 6.25. The summed E-state index contributed by atoms with van der Waals surface area (Å²) in [7, 11) is 3.84. The summed E-state index contributed by atoms with van der Waals surface area (Å²) < 4.78 is 5.30. The van der Waals surface area contributed by atoms with Crippen molar-refractivity contribution in [3.8, 4) is 17.0 Å². The molecule has 0 bridgehead atoms. The molecule has 1 N–H and O–H groups in total. The Morgan fingerprint density at radius 3 is 2.52 bits per heavy atom.